The Hall–Kier alpha value is -1.81. The van der Waals surface area contributed by atoms with E-state index in [2.05, 4.69) is 46.1 Å². The van der Waals surface area contributed by atoms with Gasteiger partial charge in [0.1, 0.15) is 0 Å². The number of aromatic nitrogens is 2. The number of anilines is 1. The number of benzene rings is 1. The lowest BCUT2D eigenvalue weighted by Gasteiger charge is -2.12. The monoisotopic (exact) mass is 287 g/mol. The Balaban J connectivity index is 1.90. The van der Waals surface area contributed by atoms with Crippen LogP contribution in [0.25, 0.3) is 0 Å². The Bertz CT molecular complexity index is 536. The molecule has 0 radical (unpaired) electrons. The zero-order chi connectivity index (χ0) is 14.9. The first-order valence-electron chi connectivity index (χ1n) is 7.74. The molecule has 0 aliphatic heterocycles. The van der Waals surface area contributed by atoms with E-state index in [-0.39, 0.29) is 0 Å². The van der Waals surface area contributed by atoms with Gasteiger partial charge in [0.25, 0.3) is 0 Å². The summed E-state index contributed by atoms with van der Waals surface area (Å²) < 4.78 is 7.52. The summed E-state index contributed by atoms with van der Waals surface area (Å²) in [5.41, 5.74) is 2.73. The lowest BCUT2D eigenvalue weighted by molar-refractivity contribution is 0.142. The second-order valence-electron chi connectivity index (χ2n) is 4.97. The first kappa shape index (κ1) is 15.6. The van der Waals surface area contributed by atoms with Gasteiger partial charge in [-0.05, 0) is 30.9 Å². The number of aryl methyl sites for hydroxylation is 2. The van der Waals surface area contributed by atoms with Crippen molar-refractivity contribution in [2.45, 2.75) is 39.8 Å². The lowest BCUT2D eigenvalue weighted by Crippen LogP contribution is -2.10. The lowest BCUT2D eigenvalue weighted by atomic mass is 10.1. The third kappa shape index (κ3) is 4.60. The van der Waals surface area contributed by atoms with Crippen LogP contribution in [0.4, 0.5) is 5.95 Å². The summed E-state index contributed by atoms with van der Waals surface area (Å²) >= 11 is 0. The molecule has 4 heteroatoms. The van der Waals surface area contributed by atoms with Crippen LogP contribution in [0.2, 0.25) is 0 Å². The van der Waals surface area contributed by atoms with E-state index in [1.807, 2.05) is 19.3 Å². The van der Waals surface area contributed by atoms with Crippen LogP contribution in [-0.2, 0) is 24.2 Å². The van der Waals surface area contributed by atoms with E-state index in [4.69, 9.17) is 4.74 Å². The molecule has 0 unspecified atom stereocenters. The average Bonchev–Trinajstić information content (AvgIpc) is 2.97. The van der Waals surface area contributed by atoms with Crippen molar-refractivity contribution in [2.75, 3.05) is 18.5 Å². The highest BCUT2D eigenvalue weighted by atomic mass is 16.5. The van der Waals surface area contributed by atoms with Crippen LogP contribution in [0.1, 0.15) is 31.4 Å². The van der Waals surface area contributed by atoms with E-state index in [1.165, 1.54) is 11.1 Å². The van der Waals surface area contributed by atoms with Crippen molar-refractivity contribution >= 4 is 5.95 Å². The Morgan fingerprint density at radius 3 is 2.76 bits per heavy atom. The van der Waals surface area contributed by atoms with Gasteiger partial charge in [-0.15, -0.1) is 0 Å². The highest BCUT2D eigenvalue weighted by Crippen LogP contribution is 2.12. The Kier molecular flexibility index (Phi) is 6.28. The molecule has 1 aromatic carbocycles. The molecule has 0 aliphatic rings. The quantitative estimate of drug-likeness (QED) is 0.718. The van der Waals surface area contributed by atoms with Crippen molar-refractivity contribution in [3.63, 3.8) is 0 Å². The molecule has 0 aliphatic carbocycles. The van der Waals surface area contributed by atoms with Crippen LogP contribution in [-0.4, -0.2) is 22.8 Å². The third-order valence-corrected chi connectivity index (χ3v) is 3.54. The maximum Gasteiger partial charge on any atom is 0.203 e. The summed E-state index contributed by atoms with van der Waals surface area (Å²) in [5, 5.41) is 3.44. The molecule has 1 heterocycles. The fourth-order valence-corrected chi connectivity index (χ4v) is 2.39. The fourth-order valence-electron chi connectivity index (χ4n) is 2.39. The first-order valence-corrected chi connectivity index (χ1v) is 7.74. The van der Waals surface area contributed by atoms with Crippen LogP contribution in [0, 0.1) is 0 Å². The van der Waals surface area contributed by atoms with Gasteiger partial charge in [-0.1, -0.05) is 31.2 Å². The van der Waals surface area contributed by atoms with E-state index < -0.39 is 0 Å². The van der Waals surface area contributed by atoms with Crippen molar-refractivity contribution in [3.05, 3.63) is 47.8 Å². The number of hydrogen-bond acceptors (Lipinski definition) is 3. The van der Waals surface area contributed by atoms with Crippen LogP contribution >= 0.6 is 0 Å². The minimum Gasteiger partial charge on any atom is -0.382 e. The van der Waals surface area contributed by atoms with Crippen LogP contribution in [0.15, 0.2) is 36.7 Å². The standard InChI is InChI=1S/C17H25N3O/c1-3-15-8-5-6-9-16(15)14-19-17-18-10-12-20(17)11-7-13-21-4-2/h5-6,8-10,12H,3-4,7,11,13-14H2,1-2H3,(H,18,19). The maximum absolute atomic E-state index is 5.38. The Morgan fingerprint density at radius 1 is 1.19 bits per heavy atom. The van der Waals surface area contributed by atoms with Crippen LogP contribution in [0.3, 0.4) is 0 Å². The van der Waals surface area contributed by atoms with Gasteiger partial charge in [-0.3, -0.25) is 0 Å². The molecule has 0 fully saturated rings. The molecule has 0 amide bonds. The zero-order valence-electron chi connectivity index (χ0n) is 13.0. The summed E-state index contributed by atoms with van der Waals surface area (Å²) in [6.07, 6.45) is 5.92. The predicted molar refractivity (Wildman–Crippen MR) is 86.5 cm³/mol. The summed E-state index contributed by atoms with van der Waals surface area (Å²) in [6.45, 7) is 7.53. The highest BCUT2D eigenvalue weighted by Gasteiger charge is 2.04. The number of hydrogen-bond donors (Lipinski definition) is 1. The van der Waals surface area contributed by atoms with Crippen molar-refractivity contribution < 1.29 is 4.74 Å². The molecule has 1 aromatic heterocycles. The summed E-state index contributed by atoms with van der Waals surface area (Å²) in [4.78, 5) is 4.40. The predicted octanol–water partition coefficient (Wildman–Crippen LogP) is 3.48. The van der Waals surface area contributed by atoms with Gasteiger partial charge < -0.3 is 14.6 Å². The first-order chi connectivity index (χ1) is 10.3. The molecule has 21 heavy (non-hydrogen) atoms. The molecule has 1 N–H and O–H groups in total. The molecule has 0 bridgehead atoms. The topological polar surface area (TPSA) is 39.1 Å². The van der Waals surface area contributed by atoms with Gasteiger partial charge >= 0.3 is 0 Å². The van der Waals surface area contributed by atoms with E-state index in [9.17, 15) is 0 Å². The van der Waals surface area contributed by atoms with E-state index in [0.29, 0.717) is 0 Å². The zero-order valence-corrected chi connectivity index (χ0v) is 13.0. The normalized spacial score (nSPS) is 10.8. The molecule has 0 saturated heterocycles. The molecule has 0 atom stereocenters. The number of imidazole rings is 1. The Morgan fingerprint density at radius 2 is 2.00 bits per heavy atom. The number of nitrogens with one attached hydrogen (secondary N) is 1. The molecule has 0 saturated carbocycles. The molecule has 2 aromatic rings. The Labute approximate surface area is 127 Å². The van der Waals surface area contributed by atoms with Crippen molar-refractivity contribution in [1.82, 2.24) is 9.55 Å². The van der Waals surface area contributed by atoms with Crippen molar-refractivity contribution in [2.24, 2.45) is 0 Å². The molecule has 4 nitrogen and oxygen atoms in total. The van der Waals surface area contributed by atoms with E-state index in [1.54, 1.807) is 0 Å². The SMILES string of the molecule is CCOCCCn1ccnc1NCc1ccccc1CC. The van der Waals surface area contributed by atoms with Gasteiger partial charge in [-0.2, -0.15) is 0 Å². The van der Waals surface area contributed by atoms with Crippen LogP contribution < -0.4 is 5.32 Å². The molecule has 2 rings (SSSR count). The van der Waals surface area contributed by atoms with Crippen molar-refractivity contribution in [1.29, 1.82) is 0 Å². The van der Waals surface area contributed by atoms with E-state index in [0.717, 1.165) is 45.1 Å². The average molecular weight is 287 g/mol. The molecular formula is C17H25N3O. The second-order valence-corrected chi connectivity index (χ2v) is 4.97. The third-order valence-electron chi connectivity index (χ3n) is 3.54. The minimum absolute atomic E-state index is 0.781. The molecule has 114 valence electrons. The van der Waals surface area contributed by atoms with Gasteiger partial charge in [-0.25, -0.2) is 4.98 Å². The van der Waals surface area contributed by atoms with E-state index >= 15 is 0 Å². The van der Waals surface area contributed by atoms with Gasteiger partial charge in [0.15, 0.2) is 0 Å². The van der Waals surface area contributed by atoms with Gasteiger partial charge in [0.2, 0.25) is 5.95 Å². The smallest absolute Gasteiger partial charge is 0.203 e. The summed E-state index contributed by atoms with van der Waals surface area (Å²) in [5.74, 6) is 0.928. The summed E-state index contributed by atoms with van der Waals surface area (Å²) in [6, 6.07) is 8.54. The van der Waals surface area contributed by atoms with Gasteiger partial charge in [0.05, 0.1) is 0 Å². The maximum atomic E-state index is 5.38. The van der Waals surface area contributed by atoms with Crippen molar-refractivity contribution in [3.8, 4) is 0 Å². The fraction of sp³-hybridized carbons (Fsp3) is 0.471. The number of nitrogens with zero attached hydrogens (tertiary/aromatic N) is 2. The summed E-state index contributed by atoms with van der Waals surface area (Å²) in [7, 11) is 0. The minimum atomic E-state index is 0.781. The number of ether oxygens (including phenoxy) is 1. The molecular weight excluding hydrogens is 262 g/mol. The highest BCUT2D eigenvalue weighted by molar-refractivity contribution is 5.33. The number of rotatable bonds is 9. The van der Waals surface area contributed by atoms with Crippen LogP contribution in [0.5, 0.6) is 0 Å². The van der Waals surface area contributed by atoms with Gasteiger partial charge in [0, 0.05) is 38.7 Å². The molecule has 0 spiro atoms. The second kappa shape index (κ2) is 8.47. The largest absolute Gasteiger partial charge is 0.382 e.